The summed E-state index contributed by atoms with van der Waals surface area (Å²) in [5.74, 6) is 0.280. The SMILES string of the molecule is COc1ccccc1CCNC(=O)c1cc2ccc(F)cc2nc1C. The molecule has 0 fully saturated rings. The number of halogens is 1. The summed E-state index contributed by atoms with van der Waals surface area (Å²) in [7, 11) is 1.63. The molecule has 3 aromatic rings. The summed E-state index contributed by atoms with van der Waals surface area (Å²) in [4.78, 5) is 16.8. The van der Waals surface area contributed by atoms with Crippen molar-refractivity contribution in [2.24, 2.45) is 0 Å². The van der Waals surface area contributed by atoms with E-state index >= 15 is 0 Å². The minimum atomic E-state index is -0.339. The number of hydrogen-bond acceptors (Lipinski definition) is 3. The van der Waals surface area contributed by atoms with Crippen molar-refractivity contribution < 1.29 is 13.9 Å². The van der Waals surface area contributed by atoms with Crippen LogP contribution < -0.4 is 10.1 Å². The van der Waals surface area contributed by atoms with E-state index in [1.54, 1.807) is 26.2 Å². The van der Waals surface area contributed by atoms with Gasteiger partial charge in [0, 0.05) is 18.0 Å². The zero-order valence-electron chi connectivity index (χ0n) is 14.2. The minimum absolute atomic E-state index is 0.189. The van der Waals surface area contributed by atoms with Gasteiger partial charge in [0.1, 0.15) is 11.6 Å². The van der Waals surface area contributed by atoms with Crippen LogP contribution in [0.5, 0.6) is 5.75 Å². The van der Waals surface area contributed by atoms with E-state index in [0.29, 0.717) is 29.7 Å². The maximum atomic E-state index is 13.3. The minimum Gasteiger partial charge on any atom is -0.496 e. The molecule has 1 amide bonds. The molecule has 3 rings (SSSR count). The van der Waals surface area contributed by atoms with Crippen LogP contribution in [0.3, 0.4) is 0 Å². The van der Waals surface area contributed by atoms with Gasteiger partial charge >= 0.3 is 0 Å². The zero-order chi connectivity index (χ0) is 17.8. The first-order valence-electron chi connectivity index (χ1n) is 8.05. The third kappa shape index (κ3) is 3.76. The van der Waals surface area contributed by atoms with Gasteiger partial charge in [-0.15, -0.1) is 0 Å². The second-order valence-corrected chi connectivity index (χ2v) is 5.78. The van der Waals surface area contributed by atoms with Crippen LogP contribution in [0.15, 0.2) is 48.5 Å². The topological polar surface area (TPSA) is 51.2 Å². The number of aryl methyl sites for hydroxylation is 1. The van der Waals surface area contributed by atoms with Crippen LogP contribution in [0.1, 0.15) is 21.6 Å². The van der Waals surface area contributed by atoms with E-state index in [9.17, 15) is 9.18 Å². The number of hydrogen-bond donors (Lipinski definition) is 1. The second kappa shape index (κ2) is 7.30. The molecule has 0 aliphatic rings. The number of rotatable bonds is 5. The molecule has 0 aliphatic carbocycles. The lowest BCUT2D eigenvalue weighted by molar-refractivity contribution is 0.0953. The molecule has 0 atom stereocenters. The average molecular weight is 338 g/mol. The van der Waals surface area contributed by atoms with Gasteiger partial charge in [-0.2, -0.15) is 0 Å². The van der Waals surface area contributed by atoms with Crippen molar-refractivity contribution in [1.29, 1.82) is 0 Å². The molecule has 1 N–H and O–H groups in total. The van der Waals surface area contributed by atoms with Gasteiger partial charge in [-0.3, -0.25) is 9.78 Å². The molecule has 0 bridgehead atoms. The first kappa shape index (κ1) is 16.9. The first-order chi connectivity index (χ1) is 12.1. The van der Waals surface area contributed by atoms with E-state index in [1.807, 2.05) is 24.3 Å². The molecule has 25 heavy (non-hydrogen) atoms. The summed E-state index contributed by atoms with van der Waals surface area (Å²) in [6.45, 7) is 2.24. The Balaban J connectivity index is 1.72. The Morgan fingerprint density at radius 3 is 2.80 bits per heavy atom. The van der Waals surface area contributed by atoms with Crippen molar-refractivity contribution in [1.82, 2.24) is 10.3 Å². The van der Waals surface area contributed by atoms with Crippen LogP contribution in [-0.4, -0.2) is 24.5 Å². The third-order valence-electron chi connectivity index (χ3n) is 4.09. The lowest BCUT2D eigenvalue weighted by atomic mass is 10.1. The quantitative estimate of drug-likeness (QED) is 0.772. The maximum Gasteiger partial charge on any atom is 0.253 e. The van der Waals surface area contributed by atoms with Crippen molar-refractivity contribution >= 4 is 16.8 Å². The van der Waals surface area contributed by atoms with Crippen LogP contribution in [0, 0.1) is 12.7 Å². The zero-order valence-corrected chi connectivity index (χ0v) is 14.2. The standard InChI is InChI=1S/C20H19FN2O2/c1-13-17(11-15-7-8-16(21)12-18(15)23-13)20(24)22-10-9-14-5-3-4-6-19(14)25-2/h3-8,11-12H,9-10H2,1-2H3,(H,22,24). The maximum absolute atomic E-state index is 13.3. The molecule has 0 unspecified atom stereocenters. The summed E-state index contributed by atoms with van der Waals surface area (Å²) in [5.41, 5.74) is 2.66. The largest absolute Gasteiger partial charge is 0.496 e. The normalized spacial score (nSPS) is 10.7. The average Bonchev–Trinajstić information content (AvgIpc) is 2.61. The molecular weight excluding hydrogens is 319 g/mol. The van der Waals surface area contributed by atoms with Crippen molar-refractivity contribution in [2.45, 2.75) is 13.3 Å². The third-order valence-corrected chi connectivity index (χ3v) is 4.09. The molecular formula is C20H19FN2O2. The molecule has 0 saturated carbocycles. The number of carbonyl (C=O) groups is 1. The van der Waals surface area contributed by atoms with Gasteiger partial charge in [0.15, 0.2) is 0 Å². The fourth-order valence-electron chi connectivity index (χ4n) is 2.78. The highest BCUT2D eigenvalue weighted by molar-refractivity contribution is 5.98. The van der Waals surface area contributed by atoms with Gasteiger partial charge in [0.25, 0.3) is 5.91 Å². The van der Waals surface area contributed by atoms with Crippen molar-refractivity contribution in [3.05, 3.63) is 71.2 Å². The number of nitrogens with one attached hydrogen (secondary N) is 1. The fourth-order valence-corrected chi connectivity index (χ4v) is 2.78. The van der Waals surface area contributed by atoms with E-state index in [2.05, 4.69) is 10.3 Å². The number of nitrogens with zero attached hydrogens (tertiary/aromatic N) is 1. The molecule has 5 heteroatoms. The molecule has 1 aromatic heterocycles. The predicted octanol–water partition coefficient (Wildman–Crippen LogP) is 3.66. The van der Waals surface area contributed by atoms with E-state index in [0.717, 1.165) is 16.7 Å². The van der Waals surface area contributed by atoms with Gasteiger partial charge in [0.2, 0.25) is 0 Å². The molecule has 128 valence electrons. The molecule has 2 aromatic carbocycles. The van der Waals surface area contributed by atoms with Crippen LogP contribution in [0.2, 0.25) is 0 Å². The van der Waals surface area contributed by atoms with E-state index in [-0.39, 0.29) is 11.7 Å². The Kier molecular flexibility index (Phi) is 4.93. The molecule has 4 nitrogen and oxygen atoms in total. The van der Waals surface area contributed by atoms with E-state index < -0.39 is 0 Å². The number of ether oxygens (including phenoxy) is 1. The monoisotopic (exact) mass is 338 g/mol. The number of para-hydroxylation sites is 1. The van der Waals surface area contributed by atoms with Crippen LogP contribution >= 0.6 is 0 Å². The second-order valence-electron chi connectivity index (χ2n) is 5.78. The number of fused-ring (bicyclic) bond motifs is 1. The summed E-state index contributed by atoms with van der Waals surface area (Å²) in [5, 5.41) is 3.64. The Hall–Kier alpha value is -2.95. The van der Waals surface area contributed by atoms with Gasteiger partial charge in [-0.25, -0.2) is 4.39 Å². The number of pyridine rings is 1. The molecule has 0 radical (unpaired) electrons. The summed E-state index contributed by atoms with van der Waals surface area (Å²) >= 11 is 0. The van der Waals surface area contributed by atoms with Crippen LogP contribution in [0.4, 0.5) is 4.39 Å². The summed E-state index contributed by atoms with van der Waals surface area (Å²) < 4.78 is 18.6. The van der Waals surface area contributed by atoms with E-state index in [4.69, 9.17) is 4.74 Å². The van der Waals surface area contributed by atoms with E-state index in [1.165, 1.54) is 12.1 Å². The number of aromatic nitrogens is 1. The molecule has 0 aliphatic heterocycles. The predicted molar refractivity (Wildman–Crippen MR) is 95.5 cm³/mol. The lowest BCUT2D eigenvalue weighted by Crippen LogP contribution is -2.26. The van der Waals surface area contributed by atoms with Crippen molar-refractivity contribution in [3.63, 3.8) is 0 Å². The van der Waals surface area contributed by atoms with Gasteiger partial charge in [-0.05, 0) is 43.2 Å². The number of carbonyl (C=O) groups excluding carboxylic acids is 1. The highest BCUT2D eigenvalue weighted by Crippen LogP contribution is 2.19. The van der Waals surface area contributed by atoms with Gasteiger partial charge < -0.3 is 10.1 Å². The van der Waals surface area contributed by atoms with Gasteiger partial charge in [0.05, 0.1) is 23.9 Å². The number of amides is 1. The molecule has 1 heterocycles. The van der Waals surface area contributed by atoms with Crippen molar-refractivity contribution in [3.8, 4) is 5.75 Å². The smallest absolute Gasteiger partial charge is 0.253 e. The number of methoxy groups -OCH3 is 1. The van der Waals surface area contributed by atoms with Crippen LogP contribution in [0.25, 0.3) is 10.9 Å². The summed E-state index contributed by atoms with van der Waals surface area (Å²) in [6.07, 6.45) is 0.668. The summed E-state index contributed by atoms with van der Waals surface area (Å²) in [6, 6.07) is 13.8. The Morgan fingerprint density at radius 2 is 2.00 bits per heavy atom. The van der Waals surface area contributed by atoms with Crippen LogP contribution in [-0.2, 0) is 6.42 Å². The first-order valence-corrected chi connectivity index (χ1v) is 8.05. The Bertz CT molecular complexity index is 925. The lowest BCUT2D eigenvalue weighted by Gasteiger charge is -2.11. The number of benzene rings is 2. The Morgan fingerprint density at radius 1 is 1.20 bits per heavy atom. The highest BCUT2D eigenvalue weighted by Gasteiger charge is 2.12. The fraction of sp³-hybridized carbons (Fsp3) is 0.200. The molecule has 0 spiro atoms. The Labute approximate surface area is 145 Å². The molecule has 0 saturated heterocycles. The van der Waals surface area contributed by atoms with Gasteiger partial charge in [-0.1, -0.05) is 18.2 Å². The highest BCUT2D eigenvalue weighted by atomic mass is 19.1. The van der Waals surface area contributed by atoms with Crippen molar-refractivity contribution in [2.75, 3.05) is 13.7 Å².